The third kappa shape index (κ3) is 3.35. The van der Waals surface area contributed by atoms with Crippen LogP contribution in [0.1, 0.15) is 42.9 Å². The predicted octanol–water partition coefficient (Wildman–Crippen LogP) is 3.25. The zero-order chi connectivity index (χ0) is 14.9. The number of rotatable bonds is 3. The summed E-state index contributed by atoms with van der Waals surface area (Å²) >= 11 is 6.34. The zero-order valence-electron chi connectivity index (χ0n) is 12.0. The van der Waals surface area contributed by atoms with Gasteiger partial charge < -0.3 is 5.73 Å². The lowest BCUT2D eigenvalue weighted by atomic mass is 9.81. The van der Waals surface area contributed by atoms with Crippen LogP contribution < -0.4 is 5.73 Å². The van der Waals surface area contributed by atoms with E-state index in [2.05, 4.69) is 0 Å². The molecule has 2 rings (SSSR count). The molecule has 0 aliphatic heterocycles. The standard InChI is InChI=1S/C15H22ClNO2S/c1-10-5-3-8-13(14(10)16)15(17)11-6-4-7-12(9-11)20(2,18)19/h3,5,8,11-12,15H,4,6-7,9,17H2,1-2H3. The second-order valence-corrected chi connectivity index (χ2v) is 8.59. The summed E-state index contributed by atoms with van der Waals surface area (Å²) in [6, 6.07) is 5.67. The van der Waals surface area contributed by atoms with Gasteiger partial charge in [-0.05, 0) is 43.2 Å². The Morgan fingerprint density at radius 1 is 1.35 bits per heavy atom. The van der Waals surface area contributed by atoms with Crippen molar-refractivity contribution in [2.24, 2.45) is 11.7 Å². The smallest absolute Gasteiger partial charge is 0.150 e. The van der Waals surface area contributed by atoms with Crippen molar-refractivity contribution in [3.63, 3.8) is 0 Å². The van der Waals surface area contributed by atoms with Crippen LogP contribution in [0.25, 0.3) is 0 Å². The molecule has 1 aromatic carbocycles. The van der Waals surface area contributed by atoms with Crippen molar-refractivity contribution in [2.75, 3.05) is 6.26 Å². The molecule has 0 radical (unpaired) electrons. The van der Waals surface area contributed by atoms with Gasteiger partial charge in [0.2, 0.25) is 0 Å². The number of halogens is 1. The molecule has 3 nitrogen and oxygen atoms in total. The SMILES string of the molecule is Cc1cccc(C(N)C2CCCC(S(C)(=O)=O)C2)c1Cl. The van der Waals surface area contributed by atoms with Gasteiger partial charge in [0.15, 0.2) is 0 Å². The van der Waals surface area contributed by atoms with Gasteiger partial charge in [-0.2, -0.15) is 0 Å². The molecule has 1 fully saturated rings. The molecule has 0 heterocycles. The summed E-state index contributed by atoms with van der Waals surface area (Å²) in [6.07, 6.45) is 4.61. The van der Waals surface area contributed by atoms with Crippen LogP contribution >= 0.6 is 11.6 Å². The van der Waals surface area contributed by atoms with Crippen LogP contribution in [0.5, 0.6) is 0 Å². The maximum Gasteiger partial charge on any atom is 0.150 e. The van der Waals surface area contributed by atoms with Gasteiger partial charge in [0.05, 0.1) is 5.25 Å². The molecule has 1 aliphatic rings. The van der Waals surface area contributed by atoms with Crippen molar-refractivity contribution in [3.8, 4) is 0 Å². The minimum absolute atomic E-state index is 0.183. The number of aryl methyl sites for hydroxylation is 1. The van der Waals surface area contributed by atoms with Crippen molar-refractivity contribution in [1.29, 1.82) is 0 Å². The number of nitrogens with two attached hydrogens (primary N) is 1. The van der Waals surface area contributed by atoms with Gasteiger partial charge in [0.1, 0.15) is 9.84 Å². The number of hydrogen-bond acceptors (Lipinski definition) is 3. The Morgan fingerprint density at radius 3 is 2.70 bits per heavy atom. The summed E-state index contributed by atoms with van der Waals surface area (Å²) < 4.78 is 23.5. The average molecular weight is 316 g/mol. The normalized spacial score (nSPS) is 25.4. The van der Waals surface area contributed by atoms with Crippen LogP contribution in [0.2, 0.25) is 5.02 Å². The molecule has 0 saturated heterocycles. The molecule has 1 aliphatic carbocycles. The van der Waals surface area contributed by atoms with Crippen molar-refractivity contribution in [2.45, 2.75) is 43.9 Å². The molecule has 1 saturated carbocycles. The van der Waals surface area contributed by atoms with E-state index in [9.17, 15) is 8.42 Å². The van der Waals surface area contributed by atoms with Crippen LogP contribution in [0, 0.1) is 12.8 Å². The fourth-order valence-electron chi connectivity index (χ4n) is 3.08. The third-order valence-electron chi connectivity index (χ3n) is 4.36. The molecule has 1 aromatic rings. The quantitative estimate of drug-likeness (QED) is 0.931. The van der Waals surface area contributed by atoms with Gasteiger partial charge >= 0.3 is 0 Å². The molecule has 3 atom stereocenters. The molecular weight excluding hydrogens is 294 g/mol. The largest absolute Gasteiger partial charge is 0.324 e. The molecule has 2 N–H and O–H groups in total. The molecular formula is C15H22ClNO2S. The van der Waals surface area contributed by atoms with Crippen LogP contribution in [0.3, 0.4) is 0 Å². The Labute approximate surface area is 126 Å². The van der Waals surface area contributed by atoms with E-state index in [0.717, 1.165) is 30.4 Å². The van der Waals surface area contributed by atoms with Crippen LogP contribution in [0.4, 0.5) is 0 Å². The van der Waals surface area contributed by atoms with Crippen molar-refractivity contribution < 1.29 is 8.42 Å². The molecule has 0 amide bonds. The van der Waals surface area contributed by atoms with E-state index in [1.165, 1.54) is 6.26 Å². The van der Waals surface area contributed by atoms with E-state index in [-0.39, 0.29) is 17.2 Å². The minimum atomic E-state index is -2.98. The minimum Gasteiger partial charge on any atom is -0.324 e. The summed E-state index contributed by atoms with van der Waals surface area (Å²) in [7, 11) is -2.98. The van der Waals surface area contributed by atoms with E-state index in [4.69, 9.17) is 17.3 Å². The van der Waals surface area contributed by atoms with Gasteiger partial charge in [0.25, 0.3) is 0 Å². The van der Waals surface area contributed by atoms with E-state index < -0.39 is 9.84 Å². The topological polar surface area (TPSA) is 60.2 Å². The summed E-state index contributed by atoms with van der Waals surface area (Å²) in [5.74, 6) is 0.183. The van der Waals surface area contributed by atoms with Gasteiger partial charge in [0, 0.05) is 17.3 Å². The highest BCUT2D eigenvalue weighted by molar-refractivity contribution is 7.91. The number of benzene rings is 1. The first-order chi connectivity index (χ1) is 9.30. The average Bonchev–Trinajstić information content (AvgIpc) is 2.40. The molecule has 0 bridgehead atoms. The van der Waals surface area contributed by atoms with E-state index in [1.807, 2.05) is 25.1 Å². The molecule has 0 spiro atoms. The summed E-state index contributed by atoms with van der Waals surface area (Å²) in [6.45, 7) is 1.96. The highest BCUT2D eigenvalue weighted by Gasteiger charge is 2.32. The Balaban J connectivity index is 2.21. The van der Waals surface area contributed by atoms with Gasteiger partial charge in [-0.3, -0.25) is 0 Å². The maximum absolute atomic E-state index is 11.7. The highest BCUT2D eigenvalue weighted by Crippen LogP contribution is 2.38. The van der Waals surface area contributed by atoms with Crippen molar-refractivity contribution in [3.05, 3.63) is 34.3 Å². The second-order valence-electron chi connectivity index (χ2n) is 5.88. The maximum atomic E-state index is 11.7. The van der Waals surface area contributed by atoms with Crippen molar-refractivity contribution >= 4 is 21.4 Å². The molecule has 0 aromatic heterocycles. The first-order valence-corrected chi connectivity index (χ1v) is 9.33. The van der Waals surface area contributed by atoms with E-state index in [1.54, 1.807) is 0 Å². The molecule has 3 unspecified atom stereocenters. The zero-order valence-corrected chi connectivity index (χ0v) is 13.5. The molecule has 20 heavy (non-hydrogen) atoms. The first-order valence-electron chi connectivity index (χ1n) is 7.00. The Hall–Kier alpha value is -0.580. The van der Waals surface area contributed by atoms with Crippen LogP contribution in [-0.2, 0) is 9.84 Å². The van der Waals surface area contributed by atoms with Gasteiger partial charge in [-0.1, -0.05) is 36.2 Å². The summed E-state index contributed by atoms with van der Waals surface area (Å²) in [4.78, 5) is 0. The summed E-state index contributed by atoms with van der Waals surface area (Å²) in [5.41, 5.74) is 8.31. The summed E-state index contributed by atoms with van der Waals surface area (Å²) in [5, 5.41) is 0.456. The Kier molecular flexibility index (Phi) is 4.77. The lowest BCUT2D eigenvalue weighted by Gasteiger charge is -2.32. The van der Waals surface area contributed by atoms with Crippen molar-refractivity contribution in [1.82, 2.24) is 0 Å². The van der Waals surface area contributed by atoms with Gasteiger partial charge in [-0.15, -0.1) is 0 Å². The second kappa shape index (κ2) is 6.04. The number of hydrogen-bond donors (Lipinski definition) is 1. The molecule has 5 heteroatoms. The highest BCUT2D eigenvalue weighted by atomic mass is 35.5. The van der Waals surface area contributed by atoms with E-state index in [0.29, 0.717) is 11.4 Å². The lowest BCUT2D eigenvalue weighted by molar-refractivity contribution is 0.309. The van der Waals surface area contributed by atoms with Crippen LogP contribution in [-0.4, -0.2) is 19.9 Å². The lowest BCUT2D eigenvalue weighted by Crippen LogP contribution is -2.33. The molecule has 112 valence electrons. The fraction of sp³-hybridized carbons (Fsp3) is 0.600. The Morgan fingerprint density at radius 2 is 2.05 bits per heavy atom. The van der Waals surface area contributed by atoms with E-state index >= 15 is 0 Å². The monoisotopic (exact) mass is 315 g/mol. The predicted molar refractivity (Wildman–Crippen MR) is 83.7 cm³/mol. The fourth-order valence-corrected chi connectivity index (χ4v) is 4.52. The van der Waals surface area contributed by atoms with Gasteiger partial charge in [-0.25, -0.2) is 8.42 Å². The third-order valence-corrected chi connectivity index (χ3v) is 6.52. The Bertz CT molecular complexity index is 586. The number of sulfone groups is 1. The first kappa shape index (κ1) is 15.8. The van der Waals surface area contributed by atoms with Crippen LogP contribution in [0.15, 0.2) is 18.2 Å².